The van der Waals surface area contributed by atoms with Gasteiger partial charge in [0, 0.05) is 23.1 Å². The standard InChI is InChI=1S/C15H23N3/c1-16-13(8-9-18(2)3)10-12-11-17-15-7-5-4-6-14(12)15/h4-7,11,13,16-17H,8-10H2,1-3H3. The van der Waals surface area contributed by atoms with Gasteiger partial charge in [0.05, 0.1) is 0 Å². The summed E-state index contributed by atoms with van der Waals surface area (Å²) in [5.41, 5.74) is 2.64. The number of hydrogen-bond acceptors (Lipinski definition) is 2. The third-order valence-corrected chi connectivity index (χ3v) is 3.47. The van der Waals surface area contributed by atoms with Crippen molar-refractivity contribution in [1.82, 2.24) is 15.2 Å². The maximum atomic E-state index is 3.42. The third-order valence-electron chi connectivity index (χ3n) is 3.47. The minimum Gasteiger partial charge on any atom is -0.361 e. The van der Waals surface area contributed by atoms with Gasteiger partial charge in [-0.1, -0.05) is 18.2 Å². The summed E-state index contributed by atoms with van der Waals surface area (Å²) in [4.78, 5) is 5.58. The lowest BCUT2D eigenvalue weighted by Crippen LogP contribution is -2.31. The van der Waals surface area contributed by atoms with E-state index < -0.39 is 0 Å². The molecule has 1 aromatic heterocycles. The molecule has 0 aliphatic carbocycles. The van der Waals surface area contributed by atoms with E-state index in [1.165, 1.54) is 22.9 Å². The summed E-state index contributed by atoms with van der Waals surface area (Å²) in [6.07, 6.45) is 4.39. The minimum atomic E-state index is 0.534. The Labute approximate surface area is 109 Å². The fraction of sp³-hybridized carbons (Fsp3) is 0.467. The molecule has 0 saturated heterocycles. The van der Waals surface area contributed by atoms with Crippen molar-refractivity contribution in [2.24, 2.45) is 0 Å². The van der Waals surface area contributed by atoms with Gasteiger partial charge in [0.15, 0.2) is 0 Å². The first-order valence-corrected chi connectivity index (χ1v) is 6.57. The number of nitrogens with zero attached hydrogens (tertiary/aromatic N) is 1. The molecule has 1 unspecified atom stereocenters. The molecule has 98 valence electrons. The zero-order chi connectivity index (χ0) is 13.0. The molecule has 0 saturated carbocycles. The summed E-state index contributed by atoms with van der Waals surface area (Å²) >= 11 is 0. The number of likely N-dealkylation sites (N-methyl/N-ethyl adjacent to an activating group) is 1. The van der Waals surface area contributed by atoms with Crippen LogP contribution in [-0.2, 0) is 6.42 Å². The topological polar surface area (TPSA) is 31.1 Å². The Kier molecular flexibility index (Phi) is 4.39. The quantitative estimate of drug-likeness (QED) is 0.818. The largest absolute Gasteiger partial charge is 0.361 e. The van der Waals surface area contributed by atoms with Gasteiger partial charge in [-0.15, -0.1) is 0 Å². The molecule has 1 heterocycles. The monoisotopic (exact) mass is 245 g/mol. The van der Waals surface area contributed by atoms with Crippen LogP contribution in [0.5, 0.6) is 0 Å². The van der Waals surface area contributed by atoms with Crippen LogP contribution in [0.25, 0.3) is 10.9 Å². The number of para-hydroxylation sites is 1. The molecule has 2 rings (SSSR count). The highest BCUT2D eigenvalue weighted by atomic mass is 15.1. The number of aromatic nitrogens is 1. The van der Waals surface area contributed by atoms with Gasteiger partial charge in [-0.3, -0.25) is 0 Å². The van der Waals surface area contributed by atoms with Gasteiger partial charge in [0.2, 0.25) is 0 Å². The number of rotatable bonds is 6. The smallest absolute Gasteiger partial charge is 0.0456 e. The summed E-state index contributed by atoms with van der Waals surface area (Å²) in [5.74, 6) is 0. The molecule has 2 aromatic rings. The summed E-state index contributed by atoms with van der Waals surface area (Å²) in [6.45, 7) is 1.12. The Morgan fingerprint density at radius 3 is 2.78 bits per heavy atom. The summed E-state index contributed by atoms with van der Waals surface area (Å²) in [7, 11) is 6.30. The molecule has 1 aromatic carbocycles. The van der Waals surface area contributed by atoms with Crippen LogP contribution in [0.4, 0.5) is 0 Å². The van der Waals surface area contributed by atoms with Crippen molar-refractivity contribution >= 4 is 10.9 Å². The average molecular weight is 245 g/mol. The van der Waals surface area contributed by atoms with Gasteiger partial charge >= 0.3 is 0 Å². The van der Waals surface area contributed by atoms with Gasteiger partial charge in [-0.2, -0.15) is 0 Å². The molecule has 0 fully saturated rings. The van der Waals surface area contributed by atoms with Crippen molar-refractivity contribution in [3.63, 3.8) is 0 Å². The van der Waals surface area contributed by atoms with E-state index in [1.807, 2.05) is 0 Å². The van der Waals surface area contributed by atoms with Crippen LogP contribution in [-0.4, -0.2) is 43.6 Å². The number of H-pyrrole nitrogens is 1. The number of hydrogen-bond donors (Lipinski definition) is 2. The van der Waals surface area contributed by atoms with Crippen molar-refractivity contribution in [3.05, 3.63) is 36.0 Å². The van der Waals surface area contributed by atoms with Crippen LogP contribution in [0.15, 0.2) is 30.5 Å². The van der Waals surface area contributed by atoms with E-state index in [4.69, 9.17) is 0 Å². The van der Waals surface area contributed by atoms with Gasteiger partial charge in [0.25, 0.3) is 0 Å². The van der Waals surface area contributed by atoms with Crippen LogP contribution < -0.4 is 5.32 Å². The van der Waals surface area contributed by atoms with Crippen LogP contribution in [0.2, 0.25) is 0 Å². The van der Waals surface area contributed by atoms with Crippen LogP contribution in [0.3, 0.4) is 0 Å². The van der Waals surface area contributed by atoms with Crippen molar-refractivity contribution in [3.8, 4) is 0 Å². The first-order chi connectivity index (χ1) is 8.70. The molecule has 0 aliphatic rings. The number of nitrogens with one attached hydrogen (secondary N) is 2. The maximum absolute atomic E-state index is 3.42. The van der Waals surface area contributed by atoms with Gasteiger partial charge in [0.1, 0.15) is 0 Å². The van der Waals surface area contributed by atoms with Crippen LogP contribution >= 0.6 is 0 Å². The second-order valence-electron chi connectivity index (χ2n) is 5.14. The van der Waals surface area contributed by atoms with Crippen molar-refractivity contribution in [1.29, 1.82) is 0 Å². The first-order valence-electron chi connectivity index (χ1n) is 6.57. The Morgan fingerprint density at radius 2 is 2.06 bits per heavy atom. The second kappa shape index (κ2) is 6.03. The van der Waals surface area contributed by atoms with E-state index in [1.54, 1.807) is 0 Å². The van der Waals surface area contributed by atoms with Crippen LogP contribution in [0, 0.1) is 0 Å². The predicted molar refractivity (Wildman–Crippen MR) is 78.0 cm³/mol. The molecular weight excluding hydrogens is 222 g/mol. The number of aromatic amines is 1. The van der Waals surface area contributed by atoms with Gasteiger partial charge < -0.3 is 15.2 Å². The molecule has 2 N–H and O–H groups in total. The highest BCUT2D eigenvalue weighted by Crippen LogP contribution is 2.19. The van der Waals surface area contributed by atoms with E-state index >= 15 is 0 Å². The lowest BCUT2D eigenvalue weighted by molar-refractivity contribution is 0.364. The first kappa shape index (κ1) is 13.1. The lowest BCUT2D eigenvalue weighted by Gasteiger charge is -2.18. The number of fused-ring (bicyclic) bond motifs is 1. The zero-order valence-electron chi connectivity index (χ0n) is 11.5. The molecule has 0 spiro atoms. The zero-order valence-corrected chi connectivity index (χ0v) is 11.5. The summed E-state index contributed by atoms with van der Waals surface area (Å²) < 4.78 is 0. The SMILES string of the molecule is CNC(CCN(C)C)Cc1c[nH]c2ccccc12. The predicted octanol–water partition coefficient (Wildman–Crippen LogP) is 2.25. The number of benzene rings is 1. The molecule has 3 nitrogen and oxygen atoms in total. The van der Waals surface area contributed by atoms with E-state index in [-0.39, 0.29) is 0 Å². The van der Waals surface area contributed by atoms with E-state index in [0.717, 1.165) is 13.0 Å². The molecule has 3 heteroatoms. The fourth-order valence-corrected chi connectivity index (χ4v) is 2.33. The summed E-state index contributed by atoms with van der Waals surface area (Å²) in [6, 6.07) is 9.04. The molecule has 0 radical (unpaired) electrons. The van der Waals surface area contributed by atoms with E-state index in [0.29, 0.717) is 6.04 Å². The molecular formula is C15H23N3. The van der Waals surface area contributed by atoms with E-state index in [2.05, 4.69) is 66.8 Å². The molecule has 18 heavy (non-hydrogen) atoms. The molecule has 0 aliphatic heterocycles. The van der Waals surface area contributed by atoms with Crippen molar-refractivity contribution in [2.45, 2.75) is 18.9 Å². The molecule has 1 atom stereocenters. The van der Waals surface area contributed by atoms with Crippen molar-refractivity contribution < 1.29 is 0 Å². The lowest BCUT2D eigenvalue weighted by atomic mass is 10.0. The average Bonchev–Trinajstić information content (AvgIpc) is 2.77. The Hall–Kier alpha value is -1.32. The maximum Gasteiger partial charge on any atom is 0.0456 e. The van der Waals surface area contributed by atoms with Gasteiger partial charge in [-0.25, -0.2) is 0 Å². The van der Waals surface area contributed by atoms with Crippen LogP contribution in [0.1, 0.15) is 12.0 Å². The highest BCUT2D eigenvalue weighted by Gasteiger charge is 2.10. The van der Waals surface area contributed by atoms with E-state index in [9.17, 15) is 0 Å². The third kappa shape index (κ3) is 3.12. The molecule has 0 amide bonds. The fourth-order valence-electron chi connectivity index (χ4n) is 2.33. The Balaban J connectivity index is 2.07. The van der Waals surface area contributed by atoms with Crippen molar-refractivity contribution in [2.75, 3.05) is 27.7 Å². The van der Waals surface area contributed by atoms with Gasteiger partial charge in [-0.05, 0) is 52.2 Å². The normalized spacial score (nSPS) is 13.3. The Morgan fingerprint density at radius 1 is 1.28 bits per heavy atom. The Bertz CT molecular complexity index is 487. The second-order valence-corrected chi connectivity index (χ2v) is 5.14. The summed E-state index contributed by atoms with van der Waals surface area (Å²) in [5, 5.41) is 4.77. The minimum absolute atomic E-state index is 0.534. The highest BCUT2D eigenvalue weighted by molar-refractivity contribution is 5.83. The molecule has 0 bridgehead atoms.